The topological polar surface area (TPSA) is 130 Å². The van der Waals surface area contributed by atoms with Crippen LogP contribution in [0.4, 0.5) is 0 Å². The Morgan fingerprint density at radius 3 is 2.68 bits per heavy atom. The van der Waals surface area contributed by atoms with Crippen molar-refractivity contribution in [3.63, 3.8) is 0 Å². The first-order valence-corrected chi connectivity index (χ1v) is 9.15. The van der Waals surface area contributed by atoms with Gasteiger partial charge in [-0.2, -0.15) is 0 Å². The molecule has 1 fully saturated rings. The number of hydrogen-bond donors (Lipinski definition) is 3. The molecule has 0 aromatic rings. The van der Waals surface area contributed by atoms with Crippen molar-refractivity contribution in [2.45, 2.75) is 63.9 Å². The second kappa shape index (κ2) is 8.06. The maximum absolute atomic E-state index is 12.2. The van der Waals surface area contributed by atoms with Gasteiger partial charge in [0.15, 0.2) is 0 Å². The van der Waals surface area contributed by atoms with Crippen molar-refractivity contribution in [1.82, 2.24) is 4.90 Å². The molecule has 2 unspecified atom stereocenters. The molecule has 1 rings (SSSR count). The second-order valence-corrected chi connectivity index (χ2v) is 7.55. The molecule has 22 heavy (non-hydrogen) atoms. The molecule has 128 valence electrons. The highest BCUT2D eigenvalue weighted by molar-refractivity contribution is 7.53. The number of amides is 1. The smallest absolute Gasteiger partial charge is 0.345 e. The summed E-state index contributed by atoms with van der Waals surface area (Å²) in [5.74, 6) is -2.72. The first kappa shape index (κ1) is 19.1. The van der Waals surface area contributed by atoms with E-state index in [9.17, 15) is 19.0 Å². The molecule has 0 aromatic heterocycles. The van der Waals surface area contributed by atoms with E-state index in [0.717, 1.165) is 6.42 Å². The van der Waals surface area contributed by atoms with Crippen molar-refractivity contribution in [2.75, 3.05) is 6.54 Å². The molecule has 0 saturated carbocycles. The van der Waals surface area contributed by atoms with Gasteiger partial charge in [0.25, 0.3) is 5.91 Å². The monoisotopic (exact) mass is 336 g/mol. The number of nitrogens with two attached hydrogens (primary N) is 1. The number of nitrogens with zero attached hydrogens (tertiary/aromatic N) is 1. The fourth-order valence-corrected chi connectivity index (χ4v) is 3.66. The number of unbranched alkanes of at least 4 members (excludes halogenated alkanes) is 1. The lowest BCUT2D eigenvalue weighted by molar-refractivity contribution is -0.151. The van der Waals surface area contributed by atoms with Crippen LogP contribution in [0.1, 0.15) is 46.0 Å². The van der Waals surface area contributed by atoms with E-state index in [2.05, 4.69) is 0 Å². The number of aliphatic carboxylic acids is 1. The highest BCUT2D eigenvalue weighted by Gasteiger charge is 2.39. The maximum atomic E-state index is 12.2. The Labute approximate surface area is 130 Å². The van der Waals surface area contributed by atoms with Crippen molar-refractivity contribution >= 4 is 19.5 Å². The van der Waals surface area contributed by atoms with Gasteiger partial charge in [-0.15, -0.1) is 0 Å². The largest absolute Gasteiger partial charge is 0.480 e. The van der Waals surface area contributed by atoms with Crippen LogP contribution in [-0.4, -0.2) is 51.2 Å². The van der Waals surface area contributed by atoms with Gasteiger partial charge in [-0.05, 0) is 26.2 Å². The third-order valence-corrected chi connectivity index (χ3v) is 5.47. The number of carbonyl (C=O) groups excluding carboxylic acids is 1. The van der Waals surface area contributed by atoms with E-state index in [0.29, 0.717) is 32.2 Å². The summed E-state index contributed by atoms with van der Waals surface area (Å²) in [7, 11) is -4.12. The summed E-state index contributed by atoms with van der Waals surface area (Å²) in [6, 6.07) is -0.898. The van der Waals surface area contributed by atoms with Gasteiger partial charge in [0, 0.05) is 6.54 Å². The van der Waals surface area contributed by atoms with Crippen LogP contribution in [0.15, 0.2) is 0 Å². The van der Waals surface area contributed by atoms with Crippen LogP contribution in [-0.2, 0) is 18.7 Å². The standard InChI is InChI=1S/C13H25N2O6P/c1-3-4-7-11(14)22(19,20)21-9(2)12(16)15-8-5-6-10(15)13(17)18/h9-11H,3-8,14H2,1-2H3,(H,17,18)(H,19,20)/t9?,10-,11-/m0/s1. The zero-order valence-electron chi connectivity index (χ0n) is 13.0. The third kappa shape index (κ3) is 4.78. The normalized spacial score (nSPS) is 23.8. The van der Waals surface area contributed by atoms with Crippen LogP contribution in [0.3, 0.4) is 0 Å². The quantitative estimate of drug-likeness (QED) is 0.566. The average Bonchev–Trinajstić information content (AvgIpc) is 2.92. The van der Waals surface area contributed by atoms with E-state index in [1.807, 2.05) is 6.92 Å². The first-order valence-electron chi connectivity index (χ1n) is 7.50. The average molecular weight is 336 g/mol. The molecule has 1 aliphatic rings. The molecule has 4 N–H and O–H groups in total. The molecule has 0 aromatic carbocycles. The summed E-state index contributed by atoms with van der Waals surface area (Å²) < 4.78 is 17.1. The Morgan fingerprint density at radius 2 is 2.14 bits per heavy atom. The van der Waals surface area contributed by atoms with Gasteiger partial charge in [-0.25, -0.2) is 4.79 Å². The molecule has 0 bridgehead atoms. The van der Waals surface area contributed by atoms with Gasteiger partial charge in [-0.1, -0.05) is 19.8 Å². The molecular weight excluding hydrogens is 311 g/mol. The van der Waals surface area contributed by atoms with Gasteiger partial charge in [0.1, 0.15) is 17.9 Å². The number of carboxylic acids is 1. The maximum Gasteiger partial charge on any atom is 0.345 e. The third-order valence-electron chi connectivity index (χ3n) is 3.75. The molecule has 8 nitrogen and oxygen atoms in total. The van der Waals surface area contributed by atoms with E-state index in [1.165, 1.54) is 11.8 Å². The lowest BCUT2D eigenvalue weighted by atomic mass is 10.2. The van der Waals surface area contributed by atoms with Crippen molar-refractivity contribution in [3.05, 3.63) is 0 Å². The fourth-order valence-electron chi connectivity index (χ4n) is 2.45. The number of hydrogen-bond acceptors (Lipinski definition) is 5. The second-order valence-electron chi connectivity index (χ2n) is 5.55. The minimum absolute atomic E-state index is 0.307. The molecule has 9 heteroatoms. The summed E-state index contributed by atoms with van der Waals surface area (Å²) in [5, 5.41) is 9.07. The minimum Gasteiger partial charge on any atom is -0.480 e. The summed E-state index contributed by atoms with van der Waals surface area (Å²) in [6.45, 7) is 3.58. The molecular formula is C13H25N2O6P. The van der Waals surface area contributed by atoms with Gasteiger partial charge in [-0.3, -0.25) is 13.9 Å². The van der Waals surface area contributed by atoms with Gasteiger partial charge < -0.3 is 20.6 Å². The lowest BCUT2D eigenvalue weighted by Crippen LogP contribution is -2.45. The van der Waals surface area contributed by atoms with Crippen LogP contribution in [0.25, 0.3) is 0 Å². The van der Waals surface area contributed by atoms with E-state index < -0.39 is 37.4 Å². The Balaban J connectivity index is 2.67. The molecule has 0 aliphatic carbocycles. The SMILES string of the molecule is CCCC[C@@H](N)P(=O)(O)OC(C)C(=O)N1CCC[C@H]1C(=O)O. The highest BCUT2D eigenvalue weighted by Crippen LogP contribution is 2.48. The van der Waals surface area contributed by atoms with E-state index in [-0.39, 0.29) is 0 Å². The number of rotatable bonds is 8. The zero-order valence-corrected chi connectivity index (χ0v) is 13.9. The number of carbonyl (C=O) groups is 2. The van der Waals surface area contributed by atoms with Crippen LogP contribution in [0.5, 0.6) is 0 Å². The minimum atomic E-state index is -4.12. The Morgan fingerprint density at radius 1 is 1.50 bits per heavy atom. The summed E-state index contributed by atoms with van der Waals surface area (Å²) in [4.78, 5) is 34.4. The van der Waals surface area contributed by atoms with Crippen molar-refractivity contribution < 1.29 is 28.7 Å². The molecule has 0 spiro atoms. The molecule has 4 atom stereocenters. The lowest BCUT2D eigenvalue weighted by Gasteiger charge is -2.27. The van der Waals surface area contributed by atoms with Crippen LogP contribution in [0.2, 0.25) is 0 Å². The fraction of sp³-hybridized carbons (Fsp3) is 0.846. The van der Waals surface area contributed by atoms with Gasteiger partial charge in [0.2, 0.25) is 0 Å². The highest BCUT2D eigenvalue weighted by atomic mass is 31.2. The van der Waals surface area contributed by atoms with Crippen molar-refractivity contribution in [2.24, 2.45) is 5.73 Å². The molecule has 1 saturated heterocycles. The van der Waals surface area contributed by atoms with E-state index >= 15 is 0 Å². The van der Waals surface area contributed by atoms with E-state index in [4.69, 9.17) is 15.4 Å². The molecule has 1 amide bonds. The van der Waals surface area contributed by atoms with Crippen molar-refractivity contribution in [1.29, 1.82) is 0 Å². The molecule has 0 radical (unpaired) electrons. The van der Waals surface area contributed by atoms with E-state index in [1.54, 1.807) is 0 Å². The molecule has 1 heterocycles. The van der Waals surface area contributed by atoms with Gasteiger partial charge in [0.05, 0.1) is 0 Å². The molecule has 1 aliphatic heterocycles. The zero-order chi connectivity index (χ0) is 16.9. The van der Waals surface area contributed by atoms with Crippen LogP contribution in [0, 0.1) is 0 Å². The predicted molar refractivity (Wildman–Crippen MR) is 80.2 cm³/mol. The summed E-state index contributed by atoms with van der Waals surface area (Å²) in [5.41, 5.74) is 5.66. The first-order chi connectivity index (χ1) is 10.2. The Bertz CT molecular complexity index is 458. The predicted octanol–water partition coefficient (Wildman–Crippen LogP) is 1.13. The Kier molecular flexibility index (Phi) is 6.99. The summed E-state index contributed by atoms with van der Waals surface area (Å²) >= 11 is 0. The van der Waals surface area contributed by atoms with Crippen LogP contribution >= 0.6 is 7.60 Å². The number of likely N-dealkylation sites (tertiary alicyclic amines) is 1. The summed E-state index contributed by atoms with van der Waals surface area (Å²) in [6.07, 6.45) is 1.60. The van der Waals surface area contributed by atoms with Gasteiger partial charge >= 0.3 is 13.6 Å². The number of carboxylic acid groups (broad SMARTS) is 1. The van der Waals surface area contributed by atoms with Crippen LogP contribution < -0.4 is 5.73 Å². The van der Waals surface area contributed by atoms with Crippen molar-refractivity contribution in [3.8, 4) is 0 Å². The Hall–Kier alpha value is -0.950.